The smallest absolute Gasteiger partial charge is 0.317 e. The summed E-state index contributed by atoms with van der Waals surface area (Å²) in [5.41, 5.74) is 5.42. The predicted octanol–water partition coefficient (Wildman–Crippen LogP) is -1.26. The first-order chi connectivity index (χ1) is 8.76. The Balaban J connectivity index is 1.60. The molecular weight excluding hydrogens is 236 g/mol. The van der Waals surface area contributed by atoms with Gasteiger partial charge in [0.1, 0.15) is 0 Å². The maximum absolute atomic E-state index is 11.5. The van der Waals surface area contributed by atoms with Gasteiger partial charge in [-0.1, -0.05) is 5.16 Å². The monoisotopic (exact) mass is 252 g/mol. The average Bonchev–Trinajstić information content (AvgIpc) is 2.97. The standard InChI is InChI=1S/C10H16N6O2/c11-3-9-13-8(14-18-9)6-15-1-2-16-7(5-15)4-12-10(16)17/h7H,1-6,11H2,(H,12,17). The number of hydrogen-bond donors (Lipinski definition) is 2. The van der Waals surface area contributed by atoms with E-state index in [-0.39, 0.29) is 18.6 Å². The minimum absolute atomic E-state index is 0.0460. The van der Waals surface area contributed by atoms with E-state index in [1.165, 1.54) is 0 Å². The highest BCUT2D eigenvalue weighted by Gasteiger charge is 2.35. The van der Waals surface area contributed by atoms with E-state index in [1.807, 2.05) is 4.90 Å². The van der Waals surface area contributed by atoms with E-state index in [0.29, 0.717) is 18.3 Å². The molecule has 18 heavy (non-hydrogen) atoms. The molecule has 2 saturated heterocycles. The number of piperazine rings is 1. The molecule has 2 fully saturated rings. The lowest BCUT2D eigenvalue weighted by Gasteiger charge is -2.35. The van der Waals surface area contributed by atoms with Crippen LogP contribution < -0.4 is 11.1 Å². The molecule has 0 spiro atoms. The molecule has 3 rings (SSSR count). The van der Waals surface area contributed by atoms with E-state index in [1.54, 1.807) is 0 Å². The van der Waals surface area contributed by atoms with Gasteiger partial charge in [-0.15, -0.1) is 0 Å². The highest BCUT2D eigenvalue weighted by molar-refractivity contribution is 5.77. The summed E-state index contributed by atoms with van der Waals surface area (Å²) in [6, 6.07) is 0.303. The number of amides is 2. The van der Waals surface area contributed by atoms with Gasteiger partial charge in [0.05, 0.1) is 19.1 Å². The fraction of sp³-hybridized carbons (Fsp3) is 0.700. The normalized spacial score (nSPS) is 24.2. The second kappa shape index (κ2) is 4.54. The molecule has 3 heterocycles. The maximum atomic E-state index is 11.5. The van der Waals surface area contributed by atoms with Crippen LogP contribution >= 0.6 is 0 Å². The fourth-order valence-electron chi connectivity index (χ4n) is 2.45. The van der Waals surface area contributed by atoms with E-state index in [9.17, 15) is 4.79 Å². The summed E-state index contributed by atoms with van der Waals surface area (Å²) in [4.78, 5) is 19.8. The van der Waals surface area contributed by atoms with Gasteiger partial charge >= 0.3 is 6.03 Å². The van der Waals surface area contributed by atoms with Crippen LogP contribution in [0.4, 0.5) is 4.79 Å². The van der Waals surface area contributed by atoms with Gasteiger partial charge in [-0.05, 0) is 0 Å². The number of fused-ring (bicyclic) bond motifs is 1. The lowest BCUT2D eigenvalue weighted by molar-refractivity contribution is 0.114. The summed E-state index contributed by atoms with van der Waals surface area (Å²) < 4.78 is 4.97. The van der Waals surface area contributed by atoms with Crippen LogP contribution in [0.1, 0.15) is 11.7 Å². The number of hydrogen-bond acceptors (Lipinski definition) is 6. The molecule has 1 aromatic heterocycles. The van der Waals surface area contributed by atoms with Crippen molar-refractivity contribution in [2.75, 3.05) is 26.2 Å². The second-order valence-electron chi connectivity index (χ2n) is 4.58. The van der Waals surface area contributed by atoms with Crippen LogP contribution in [0.2, 0.25) is 0 Å². The predicted molar refractivity (Wildman–Crippen MR) is 61.4 cm³/mol. The molecule has 1 atom stereocenters. The number of carbonyl (C=O) groups is 1. The van der Waals surface area contributed by atoms with Crippen LogP contribution in [-0.4, -0.2) is 58.2 Å². The third-order valence-electron chi connectivity index (χ3n) is 3.37. The summed E-state index contributed by atoms with van der Waals surface area (Å²) in [6.07, 6.45) is 0. The van der Waals surface area contributed by atoms with Crippen molar-refractivity contribution >= 4 is 6.03 Å². The Hall–Kier alpha value is -1.67. The van der Waals surface area contributed by atoms with Crippen molar-refractivity contribution in [3.8, 4) is 0 Å². The number of carbonyl (C=O) groups excluding carboxylic acids is 1. The molecular formula is C10H16N6O2. The number of nitrogens with zero attached hydrogens (tertiary/aromatic N) is 4. The molecule has 0 bridgehead atoms. The lowest BCUT2D eigenvalue weighted by Crippen LogP contribution is -2.51. The van der Waals surface area contributed by atoms with Crippen molar-refractivity contribution in [3.63, 3.8) is 0 Å². The zero-order valence-corrected chi connectivity index (χ0v) is 10.0. The zero-order valence-electron chi connectivity index (χ0n) is 10.0. The molecule has 1 unspecified atom stereocenters. The first-order valence-corrected chi connectivity index (χ1v) is 6.04. The Morgan fingerprint density at radius 2 is 2.39 bits per heavy atom. The fourth-order valence-corrected chi connectivity index (χ4v) is 2.45. The Labute approximate surface area is 104 Å². The van der Waals surface area contributed by atoms with Gasteiger partial charge in [0.25, 0.3) is 0 Å². The van der Waals surface area contributed by atoms with E-state index < -0.39 is 0 Å². The van der Waals surface area contributed by atoms with Crippen molar-refractivity contribution in [1.29, 1.82) is 0 Å². The van der Waals surface area contributed by atoms with Gasteiger partial charge in [-0.3, -0.25) is 4.90 Å². The Bertz CT molecular complexity index is 447. The van der Waals surface area contributed by atoms with Gasteiger partial charge in [-0.25, -0.2) is 4.79 Å². The summed E-state index contributed by atoms with van der Waals surface area (Å²) in [6.45, 7) is 4.04. The molecule has 2 aliphatic heterocycles. The lowest BCUT2D eigenvalue weighted by atomic mass is 10.2. The number of nitrogens with two attached hydrogens (primary N) is 1. The van der Waals surface area contributed by atoms with Crippen LogP contribution in [0.25, 0.3) is 0 Å². The van der Waals surface area contributed by atoms with E-state index in [4.69, 9.17) is 10.3 Å². The molecule has 3 N–H and O–H groups in total. The van der Waals surface area contributed by atoms with Gasteiger partial charge in [0.15, 0.2) is 5.82 Å². The van der Waals surface area contributed by atoms with Gasteiger partial charge < -0.3 is 20.5 Å². The number of aromatic nitrogens is 2. The molecule has 98 valence electrons. The molecule has 0 radical (unpaired) electrons. The molecule has 1 aromatic rings. The van der Waals surface area contributed by atoms with Crippen LogP contribution in [0.15, 0.2) is 4.52 Å². The SMILES string of the molecule is NCc1nc(CN2CCN3C(=O)NCC3C2)no1. The van der Waals surface area contributed by atoms with E-state index >= 15 is 0 Å². The molecule has 8 nitrogen and oxygen atoms in total. The topological polar surface area (TPSA) is 101 Å². The summed E-state index contributed by atoms with van der Waals surface area (Å²) in [5.74, 6) is 1.11. The third kappa shape index (κ3) is 2.04. The minimum atomic E-state index is 0.0460. The van der Waals surface area contributed by atoms with Crippen LogP contribution in [0.3, 0.4) is 0 Å². The molecule has 8 heteroatoms. The van der Waals surface area contributed by atoms with Crippen molar-refractivity contribution in [2.45, 2.75) is 19.1 Å². The third-order valence-corrected chi connectivity index (χ3v) is 3.37. The van der Waals surface area contributed by atoms with Crippen LogP contribution in [0, 0.1) is 0 Å². The number of rotatable bonds is 3. The maximum Gasteiger partial charge on any atom is 0.317 e. The first kappa shape index (κ1) is 11.4. The molecule has 0 aliphatic carbocycles. The van der Waals surface area contributed by atoms with Crippen molar-refractivity contribution in [1.82, 2.24) is 25.3 Å². The summed E-state index contributed by atoms with van der Waals surface area (Å²) in [7, 11) is 0. The van der Waals surface area contributed by atoms with Crippen LogP contribution in [0.5, 0.6) is 0 Å². The van der Waals surface area contributed by atoms with Crippen molar-refractivity contribution in [2.24, 2.45) is 5.73 Å². The summed E-state index contributed by atoms with van der Waals surface area (Å²) >= 11 is 0. The number of nitrogens with one attached hydrogen (secondary N) is 1. The van der Waals surface area contributed by atoms with Crippen molar-refractivity contribution in [3.05, 3.63) is 11.7 Å². The zero-order chi connectivity index (χ0) is 12.5. The van der Waals surface area contributed by atoms with Crippen molar-refractivity contribution < 1.29 is 9.32 Å². The molecule has 0 aromatic carbocycles. The molecule has 2 amide bonds. The molecule has 2 aliphatic rings. The summed E-state index contributed by atoms with van der Waals surface area (Å²) in [5, 5.41) is 6.73. The largest absolute Gasteiger partial charge is 0.338 e. The first-order valence-electron chi connectivity index (χ1n) is 6.04. The Morgan fingerprint density at radius 3 is 3.17 bits per heavy atom. The number of urea groups is 1. The van der Waals surface area contributed by atoms with E-state index in [0.717, 1.165) is 26.2 Å². The van der Waals surface area contributed by atoms with Gasteiger partial charge in [-0.2, -0.15) is 4.98 Å². The second-order valence-corrected chi connectivity index (χ2v) is 4.58. The molecule has 0 saturated carbocycles. The van der Waals surface area contributed by atoms with E-state index in [2.05, 4.69) is 20.4 Å². The highest BCUT2D eigenvalue weighted by atomic mass is 16.5. The highest BCUT2D eigenvalue weighted by Crippen LogP contribution is 2.15. The minimum Gasteiger partial charge on any atom is -0.338 e. The Kier molecular flexibility index (Phi) is 2.88. The van der Waals surface area contributed by atoms with Crippen LogP contribution in [-0.2, 0) is 13.1 Å². The van der Waals surface area contributed by atoms with Gasteiger partial charge in [0.2, 0.25) is 5.89 Å². The average molecular weight is 252 g/mol. The Morgan fingerprint density at radius 1 is 1.50 bits per heavy atom. The van der Waals surface area contributed by atoms with Gasteiger partial charge in [0, 0.05) is 26.2 Å². The quantitative estimate of drug-likeness (QED) is 0.696.